The molecule has 17 aromatic carbocycles. The van der Waals surface area contributed by atoms with Crippen LogP contribution in [0.2, 0.25) is 0 Å². The Bertz CT molecular complexity index is 5610. The van der Waals surface area contributed by atoms with Crippen LogP contribution in [0.3, 0.4) is 0 Å². The fraction of sp³-hybridized carbons (Fsp3) is 0.00990. The van der Waals surface area contributed by atoms with E-state index in [0.29, 0.717) is 0 Å². The average molecular weight is 1310 g/mol. The van der Waals surface area contributed by atoms with Gasteiger partial charge in [0.25, 0.3) is 0 Å². The summed E-state index contributed by atoms with van der Waals surface area (Å²) in [6.07, 6.45) is 0. The average Bonchev–Trinajstić information content (AvgIpc) is 1.55. The Morgan fingerprint density at radius 2 is 0.437 bits per heavy atom. The van der Waals surface area contributed by atoms with Gasteiger partial charge in [0, 0.05) is 34.1 Å². The lowest BCUT2D eigenvalue weighted by molar-refractivity contribution is 0.768. The first-order valence-corrected chi connectivity index (χ1v) is 35.4. The molecule has 0 aliphatic heterocycles. The summed E-state index contributed by atoms with van der Waals surface area (Å²) >= 11 is 0. The van der Waals surface area contributed by atoms with Gasteiger partial charge in [0.1, 0.15) is 0 Å². The normalized spacial score (nSPS) is 11.8. The molecule has 0 unspecified atom stereocenters. The quantitative estimate of drug-likeness (QED) is 0.101. The van der Waals surface area contributed by atoms with Gasteiger partial charge in [-0.2, -0.15) is 0 Å². The molecule has 0 fully saturated rings. The van der Waals surface area contributed by atoms with Crippen molar-refractivity contribution in [1.29, 1.82) is 0 Å². The highest BCUT2D eigenvalue weighted by Gasteiger charge is 2.46. The lowest BCUT2D eigenvalue weighted by Gasteiger charge is -2.35. The second kappa shape index (κ2) is 28.4. The molecular weight excluding hydrogens is 1240 g/mol. The zero-order valence-electron chi connectivity index (χ0n) is 57.0. The monoisotopic (exact) mass is 1310 g/mol. The molecule has 0 saturated heterocycles. The summed E-state index contributed by atoms with van der Waals surface area (Å²) in [7, 11) is 0. The Hall–Kier alpha value is -13.4. The van der Waals surface area contributed by atoms with Crippen molar-refractivity contribution in [2.45, 2.75) is 5.41 Å². The third-order valence-corrected chi connectivity index (χ3v) is 20.2. The first-order valence-electron chi connectivity index (χ1n) is 35.4. The van der Waals surface area contributed by atoms with Gasteiger partial charge in [-0.1, -0.05) is 358 Å². The van der Waals surface area contributed by atoms with Crippen LogP contribution in [-0.4, -0.2) is 0 Å². The highest BCUT2D eigenvalue weighted by molar-refractivity contribution is 5.96. The molecular formula is C101H72N2. The molecule has 0 heterocycles. The molecule has 103 heavy (non-hydrogen) atoms. The second-order valence-corrected chi connectivity index (χ2v) is 26.3. The van der Waals surface area contributed by atoms with Gasteiger partial charge in [-0.05, 0) is 201 Å². The second-order valence-electron chi connectivity index (χ2n) is 26.3. The summed E-state index contributed by atoms with van der Waals surface area (Å²) in [6, 6.07) is 158. The van der Waals surface area contributed by atoms with Crippen molar-refractivity contribution in [2.75, 3.05) is 9.80 Å². The van der Waals surface area contributed by atoms with Crippen LogP contribution in [0.1, 0.15) is 22.3 Å². The van der Waals surface area contributed by atoms with Crippen LogP contribution in [0.25, 0.3) is 99.8 Å². The largest absolute Gasteiger partial charge is 0.310 e. The first kappa shape index (κ1) is 63.1. The maximum absolute atomic E-state index is 2.45. The van der Waals surface area contributed by atoms with E-state index in [1.54, 1.807) is 0 Å². The number of anilines is 6. The number of hydrogen-bond acceptors (Lipinski definition) is 2. The third-order valence-electron chi connectivity index (χ3n) is 20.2. The van der Waals surface area contributed by atoms with Gasteiger partial charge in [-0.25, -0.2) is 0 Å². The molecule has 1 aliphatic carbocycles. The smallest absolute Gasteiger partial charge is 0.0714 e. The Morgan fingerprint density at radius 3 is 0.913 bits per heavy atom. The Kier molecular flexibility index (Phi) is 17.4. The number of benzene rings is 17. The number of rotatable bonds is 15. The van der Waals surface area contributed by atoms with Crippen LogP contribution in [0.4, 0.5) is 34.1 Å². The molecule has 0 amide bonds. The number of hydrogen-bond donors (Lipinski definition) is 0. The summed E-state index contributed by atoms with van der Waals surface area (Å²) in [5, 5.41) is 2.49. The van der Waals surface area contributed by atoms with Crippen LogP contribution >= 0.6 is 0 Å². The van der Waals surface area contributed by atoms with E-state index in [4.69, 9.17) is 0 Å². The topological polar surface area (TPSA) is 6.48 Å². The molecule has 0 bridgehead atoms. The van der Waals surface area contributed by atoms with E-state index in [-0.39, 0.29) is 0 Å². The Balaban J connectivity index is 0.000000155. The molecule has 0 atom stereocenters. The molecule has 2 heteroatoms. The summed E-state index contributed by atoms with van der Waals surface area (Å²) in [6.45, 7) is 0. The van der Waals surface area contributed by atoms with Gasteiger partial charge >= 0.3 is 0 Å². The minimum atomic E-state index is -0.488. The molecule has 0 radical (unpaired) electrons. The number of nitrogens with zero attached hydrogens (tertiary/aromatic N) is 2. The van der Waals surface area contributed by atoms with Crippen molar-refractivity contribution in [3.05, 3.63) is 459 Å². The van der Waals surface area contributed by atoms with E-state index in [1.165, 1.54) is 122 Å². The van der Waals surface area contributed by atoms with Crippen molar-refractivity contribution in [1.82, 2.24) is 0 Å². The van der Waals surface area contributed by atoms with E-state index >= 15 is 0 Å². The lowest BCUT2D eigenvalue weighted by Crippen LogP contribution is -2.28. The van der Waals surface area contributed by atoms with Crippen molar-refractivity contribution < 1.29 is 0 Å². The van der Waals surface area contributed by atoms with E-state index in [0.717, 1.165) is 34.1 Å². The van der Waals surface area contributed by atoms with E-state index in [9.17, 15) is 0 Å². The standard InChI is InChI=1S/C55H39N.C46H33N/c1-6-18-40(19-7-1)41-30-32-43(33-31-41)49-36-34-47(38-52(49)42-20-8-2-9-21-42)56(46-26-14-5-15-27-46)48-35-37-51-50-28-16-17-29-53(50)55(54(51)39-48,44-22-10-3-11-23-44)45-24-12-4-13-25-45;1-4-12-34(13-5-1)37-22-26-42(27-23-37)47(43-28-24-38(25-29-43)35-14-6-2-7-15-35)44-30-31-45(46(33-44)39-17-8-3-9-18-39)41-21-20-36-16-10-11-19-40(36)32-41/h1-39H;1-33H. The molecule has 486 valence electrons. The van der Waals surface area contributed by atoms with Crippen LogP contribution in [0.5, 0.6) is 0 Å². The van der Waals surface area contributed by atoms with E-state index in [2.05, 4.69) is 447 Å². The summed E-state index contributed by atoms with van der Waals surface area (Å²) in [5.74, 6) is 0. The fourth-order valence-corrected chi connectivity index (χ4v) is 15.3. The molecule has 2 nitrogen and oxygen atoms in total. The first-order chi connectivity index (χ1) is 51.1. The number of para-hydroxylation sites is 1. The molecule has 0 saturated carbocycles. The Morgan fingerprint density at radius 1 is 0.146 bits per heavy atom. The molecule has 0 aromatic heterocycles. The minimum Gasteiger partial charge on any atom is -0.310 e. The minimum absolute atomic E-state index is 0.488. The predicted molar refractivity (Wildman–Crippen MR) is 435 cm³/mol. The Labute approximate surface area is 604 Å². The number of fused-ring (bicyclic) bond motifs is 4. The van der Waals surface area contributed by atoms with Gasteiger partial charge in [-0.3, -0.25) is 0 Å². The van der Waals surface area contributed by atoms with Crippen LogP contribution in [0.15, 0.2) is 437 Å². The zero-order chi connectivity index (χ0) is 68.7. The van der Waals surface area contributed by atoms with Crippen molar-refractivity contribution in [3.63, 3.8) is 0 Å². The van der Waals surface area contributed by atoms with Crippen LogP contribution in [-0.2, 0) is 5.41 Å². The molecule has 0 spiro atoms. The van der Waals surface area contributed by atoms with Crippen LogP contribution in [0, 0.1) is 0 Å². The molecule has 0 N–H and O–H groups in total. The van der Waals surface area contributed by atoms with Gasteiger partial charge in [-0.15, -0.1) is 0 Å². The van der Waals surface area contributed by atoms with E-state index in [1.807, 2.05) is 0 Å². The van der Waals surface area contributed by atoms with Crippen molar-refractivity contribution >= 4 is 44.9 Å². The maximum Gasteiger partial charge on any atom is 0.0714 e. The predicted octanol–water partition coefficient (Wildman–Crippen LogP) is 27.5. The van der Waals surface area contributed by atoms with E-state index < -0.39 is 5.41 Å². The lowest BCUT2D eigenvalue weighted by atomic mass is 9.67. The van der Waals surface area contributed by atoms with Gasteiger partial charge in [0.05, 0.1) is 5.41 Å². The van der Waals surface area contributed by atoms with Crippen molar-refractivity contribution in [2.24, 2.45) is 0 Å². The highest BCUT2D eigenvalue weighted by atomic mass is 15.1. The van der Waals surface area contributed by atoms with Crippen molar-refractivity contribution in [3.8, 4) is 89.0 Å². The van der Waals surface area contributed by atoms with Crippen LogP contribution < -0.4 is 9.80 Å². The molecule has 18 rings (SSSR count). The summed E-state index contributed by atoms with van der Waals surface area (Å²) in [4.78, 5) is 4.78. The third kappa shape index (κ3) is 12.5. The summed E-state index contributed by atoms with van der Waals surface area (Å²) < 4.78 is 0. The SMILES string of the molecule is c1ccc(-c2ccc(-c3ccc(N(c4ccccc4)c4ccc5c(c4)C(c4ccccc4)(c4ccccc4)c4ccccc4-5)cc3-c3ccccc3)cc2)cc1.c1ccc(-c2ccc(N(c3ccc(-c4ccccc4)cc3)c3ccc(-c4ccc5ccccc5c4)c(-c4ccccc4)c3)cc2)cc1. The van der Waals surface area contributed by atoms with Gasteiger partial charge in [0.2, 0.25) is 0 Å². The molecule has 1 aliphatic rings. The zero-order valence-corrected chi connectivity index (χ0v) is 57.0. The highest BCUT2D eigenvalue weighted by Crippen LogP contribution is 2.58. The van der Waals surface area contributed by atoms with Gasteiger partial charge < -0.3 is 9.80 Å². The summed E-state index contributed by atoms with van der Waals surface area (Å²) in [5.41, 5.74) is 30.6. The van der Waals surface area contributed by atoms with Gasteiger partial charge in [0.15, 0.2) is 0 Å². The fourth-order valence-electron chi connectivity index (χ4n) is 15.3. The molecule has 17 aromatic rings. The maximum atomic E-state index is 2.45.